The van der Waals surface area contributed by atoms with Gasteiger partial charge in [-0.2, -0.15) is 0 Å². The SMILES string of the molecule is CCn1c(-c2cccnc2[C@H](C)OC)c2c3cc(ccc31)-c1cc(O)cc(c1)C[C@H](NC(=O)C(C(C)C)N(C)C(=O)CN(C)C(=O)[C@H]1CN1CCCN1CCCC1=O)C(=O)N1CCC[C@H](N1)C(=O)OCC(C)(C)C2. The minimum atomic E-state index is -1.20. The molecule has 18 nitrogen and oxygen atoms in total. The van der Waals surface area contributed by atoms with Gasteiger partial charge in [0, 0.05) is 101 Å². The third-order valence-electron chi connectivity index (χ3n) is 15.2. The van der Waals surface area contributed by atoms with E-state index in [-0.39, 0.29) is 55.8 Å². The van der Waals surface area contributed by atoms with Crippen LogP contribution < -0.4 is 10.7 Å². The lowest BCUT2D eigenvalue weighted by Gasteiger charge is -2.37. The van der Waals surface area contributed by atoms with Gasteiger partial charge in [-0.3, -0.25) is 43.7 Å². The van der Waals surface area contributed by atoms with E-state index >= 15 is 0 Å². The van der Waals surface area contributed by atoms with Crippen LogP contribution in [0.15, 0.2) is 54.7 Å². The van der Waals surface area contributed by atoms with Crippen LogP contribution in [0.25, 0.3) is 33.3 Å². The first-order valence-electron chi connectivity index (χ1n) is 26.3. The summed E-state index contributed by atoms with van der Waals surface area (Å²) in [5, 5.41) is 16.7. The molecule has 3 fully saturated rings. The van der Waals surface area contributed by atoms with Gasteiger partial charge in [-0.25, -0.2) is 5.43 Å². The van der Waals surface area contributed by atoms with Gasteiger partial charge in [-0.05, 0) is 111 Å². The van der Waals surface area contributed by atoms with Crippen molar-refractivity contribution in [2.75, 3.05) is 67.1 Å². The molecule has 4 aromatic rings. The Balaban J connectivity index is 1.08. The molecule has 0 saturated carbocycles. The number of phenolic OH excluding ortho intramolecular Hbond substituents is 1. The standard InChI is InChI=1S/C56H75N9O9/c1-10-64-45-19-18-37-29-41(45)42(51(64)40-15-11-20-57-49(40)35(4)73-9)30-56(5,6)33-74-55(72)43-16-12-24-65(59-43)53(70)44(27-36-25-38(37)28-39(66)26-36)58-52(69)50(34(2)3)61(8)48(68)32-60(7)54(71)46-31-63(46)23-14-22-62-21-13-17-47(62)67/h11,15,18-20,25-26,28-29,34-35,43-44,46,50,59,66H,10,12-14,16-17,21-24,27,30-33H2,1-9H3,(H,58,69)/t35-,43-,44-,46+,50?,63?/m0/s1. The molecule has 6 bridgehead atoms. The second kappa shape index (κ2) is 22.6. The van der Waals surface area contributed by atoms with Crippen LogP contribution in [0.3, 0.4) is 0 Å². The zero-order valence-electron chi connectivity index (χ0n) is 44.6. The number of likely N-dealkylation sites (N-methyl/N-ethyl adjacent to an activating group) is 2. The number of aryl methyl sites for hydroxylation is 1. The maximum absolute atomic E-state index is 14.8. The zero-order valence-corrected chi connectivity index (χ0v) is 44.6. The summed E-state index contributed by atoms with van der Waals surface area (Å²) in [4.78, 5) is 94.3. The number of carbonyl (C=O) groups is 6. The molecule has 18 heteroatoms. The van der Waals surface area contributed by atoms with Crippen molar-refractivity contribution in [1.82, 2.24) is 44.9 Å². The second-order valence-electron chi connectivity index (χ2n) is 21.8. The number of cyclic esters (lactones) is 1. The van der Waals surface area contributed by atoms with Crippen molar-refractivity contribution in [1.29, 1.82) is 0 Å². The number of aromatic hydroxyl groups is 1. The van der Waals surface area contributed by atoms with Crippen LogP contribution in [0.1, 0.15) is 96.6 Å². The number of hydrogen-bond donors (Lipinski definition) is 3. The van der Waals surface area contributed by atoms with E-state index in [0.29, 0.717) is 63.0 Å². The molecule has 8 rings (SSSR count). The van der Waals surface area contributed by atoms with E-state index in [2.05, 4.69) is 54.3 Å². The molecule has 74 heavy (non-hydrogen) atoms. The van der Waals surface area contributed by atoms with Gasteiger partial charge in [0.2, 0.25) is 23.6 Å². The van der Waals surface area contributed by atoms with E-state index in [1.54, 1.807) is 32.5 Å². The monoisotopic (exact) mass is 1020 g/mol. The van der Waals surface area contributed by atoms with Gasteiger partial charge in [0.25, 0.3) is 5.91 Å². The number of likely N-dealkylation sites (tertiary alicyclic amines) is 1. The highest BCUT2D eigenvalue weighted by Gasteiger charge is 2.43. The number of benzene rings is 2. The molecule has 6 heterocycles. The molecule has 4 aliphatic rings. The number of hydrogen-bond acceptors (Lipinski definition) is 12. The fourth-order valence-corrected chi connectivity index (χ4v) is 11.1. The van der Waals surface area contributed by atoms with Crippen molar-refractivity contribution in [2.45, 2.75) is 123 Å². The van der Waals surface area contributed by atoms with Gasteiger partial charge in [0.05, 0.1) is 30.6 Å². The van der Waals surface area contributed by atoms with Crippen molar-refractivity contribution >= 4 is 46.4 Å². The quantitative estimate of drug-likeness (QED) is 0.106. The molecule has 2 aromatic heterocycles. The number of pyridine rings is 1. The normalized spacial score (nSPS) is 21.8. The average molecular weight is 1020 g/mol. The van der Waals surface area contributed by atoms with Gasteiger partial charge in [-0.1, -0.05) is 39.8 Å². The summed E-state index contributed by atoms with van der Waals surface area (Å²) in [6, 6.07) is 12.0. The van der Waals surface area contributed by atoms with Crippen LogP contribution in [0.2, 0.25) is 0 Å². The Labute approximate surface area is 434 Å². The number of phenols is 1. The molecule has 0 radical (unpaired) electrons. The highest BCUT2D eigenvalue weighted by molar-refractivity contribution is 5.96. The van der Waals surface area contributed by atoms with Crippen molar-refractivity contribution in [3.8, 4) is 28.1 Å². The maximum atomic E-state index is 14.8. The Bertz CT molecular complexity index is 2770. The van der Waals surface area contributed by atoms with E-state index in [0.717, 1.165) is 58.4 Å². The molecule has 3 saturated heterocycles. The molecular formula is C56H75N9O9. The summed E-state index contributed by atoms with van der Waals surface area (Å²) in [6.45, 7) is 15.3. The number of nitrogens with zero attached hydrogens (tertiary/aromatic N) is 7. The van der Waals surface area contributed by atoms with Gasteiger partial charge in [0.15, 0.2) is 0 Å². The van der Waals surface area contributed by atoms with Gasteiger partial charge in [0.1, 0.15) is 29.9 Å². The van der Waals surface area contributed by atoms with Crippen LogP contribution in [0, 0.1) is 11.3 Å². The summed E-state index contributed by atoms with van der Waals surface area (Å²) in [7, 11) is 4.77. The van der Waals surface area contributed by atoms with Crippen LogP contribution in [-0.4, -0.2) is 166 Å². The summed E-state index contributed by atoms with van der Waals surface area (Å²) < 4.78 is 14.2. The molecule has 4 aliphatic heterocycles. The number of aromatic nitrogens is 2. The summed E-state index contributed by atoms with van der Waals surface area (Å²) in [5.74, 6) is -2.46. The third kappa shape index (κ3) is 11.8. The number of amides is 5. The lowest BCUT2D eigenvalue weighted by atomic mass is 9.84. The minimum absolute atomic E-state index is 0.0258. The Morgan fingerprint density at radius 1 is 1.01 bits per heavy atom. The van der Waals surface area contributed by atoms with E-state index in [9.17, 15) is 33.9 Å². The first-order chi connectivity index (χ1) is 35.3. The van der Waals surface area contributed by atoms with Crippen LogP contribution in [-0.2, 0) is 57.6 Å². The molecule has 398 valence electrons. The Morgan fingerprint density at radius 2 is 1.80 bits per heavy atom. The number of nitrogens with one attached hydrogen (secondary N) is 2. The van der Waals surface area contributed by atoms with E-state index in [1.165, 1.54) is 21.9 Å². The van der Waals surface area contributed by atoms with E-state index < -0.39 is 53.1 Å². The number of hydrazine groups is 1. The second-order valence-corrected chi connectivity index (χ2v) is 21.8. The molecule has 0 aliphatic carbocycles. The van der Waals surface area contributed by atoms with Crippen molar-refractivity contribution in [3.63, 3.8) is 0 Å². The predicted molar refractivity (Wildman–Crippen MR) is 280 cm³/mol. The fraction of sp³-hybridized carbons (Fsp3) is 0.554. The number of ether oxygens (including phenoxy) is 2. The maximum Gasteiger partial charge on any atom is 0.324 e. The van der Waals surface area contributed by atoms with Crippen LogP contribution >= 0.6 is 0 Å². The summed E-state index contributed by atoms with van der Waals surface area (Å²) in [6.07, 6.45) is 5.12. The van der Waals surface area contributed by atoms with Crippen LogP contribution in [0.4, 0.5) is 0 Å². The molecule has 3 N–H and O–H groups in total. The molecule has 0 spiro atoms. The van der Waals surface area contributed by atoms with Crippen molar-refractivity contribution in [3.05, 3.63) is 71.5 Å². The van der Waals surface area contributed by atoms with Gasteiger partial charge in [-0.15, -0.1) is 0 Å². The third-order valence-corrected chi connectivity index (χ3v) is 15.2. The average Bonchev–Trinajstić information content (AvgIpc) is 3.93. The first kappa shape index (κ1) is 53.9. The summed E-state index contributed by atoms with van der Waals surface area (Å²) in [5.41, 5.74) is 9.43. The Kier molecular flexibility index (Phi) is 16.5. The number of esters is 1. The molecule has 5 amide bonds. The highest BCUT2D eigenvalue weighted by atomic mass is 16.5. The van der Waals surface area contributed by atoms with Gasteiger partial charge < -0.3 is 39.2 Å². The van der Waals surface area contributed by atoms with E-state index in [4.69, 9.17) is 14.5 Å². The number of rotatable bonds is 15. The number of fused-ring (bicyclic) bond motifs is 6. The summed E-state index contributed by atoms with van der Waals surface area (Å²) >= 11 is 0. The van der Waals surface area contributed by atoms with E-state index in [1.807, 2.05) is 48.8 Å². The van der Waals surface area contributed by atoms with Crippen molar-refractivity contribution < 1.29 is 43.3 Å². The fourth-order valence-electron chi connectivity index (χ4n) is 11.1. The van der Waals surface area contributed by atoms with Gasteiger partial charge >= 0.3 is 5.97 Å². The lowest BCUT2D eigenvalue weighted by molar-refractivity contribution is -0.155. The first-order valence-corrected chi connectivity index (χ1v) is 26.3. The Morgan fingerprint density at radius 3 is 2.51 bits per heavy atom. The van der Waals surface area contributed by atoms with Crippen molar-refractivity contribution in [2.24, 2.45) is 11.3 Å². The molecular weight excluding hydrogens is 943 g/mol. The Hall–Kier alpha value is -6.37. The topological polar surface area (TPSA) is 199 Å². The number of carbonyl (C=O) groups excluding carboxylic acids is 6. The highest BCUT2D eigenvalue weighted by Crippen LogP contribution is 2.42. The lowest BCUT2D eigenvalue weighted by Crippen LogP contribution is -2.62. The smallest absolute Gasteiger partial charge is 0.324 e. The number of methoxy groups -OCH3 is 1. The predicted octanol–water partition coefficient (Wildman–Crippen LogP) is 5.09. The largest absolute Gasteiger partial charge is 0.508 e. The zero-order chi connectivity index (χ0) is 53.2. The molecule has 2 unspecified atom stereocenters. The molecule has 6 atom stereocenters. The van der Waals surface area contributed by atoms with Crippen LogP contribution in [0.5, 0.6) is 5.75 Å². The minimum Gasteiger partial charge on any atom is -0.508 e. The molecule has 2 aromatic carbocycles.